The number of hydrogen-bond acceptors (Lipinski definition) is 3. The first-order chi connectivity index (χ1) is 8.74. The molecule has 1 aromatic carbocycles. The molecule has 1 rings (SSSR count). The van der Waals surface area contributed by atoms with Gasteiger partial charge in [0.25, 0.3) is 0 Å². The fraction of sp³-hybridized carbons (Fsp3) is 0.571. The molecule has 0 saturated carbocycles. The van der Waals surface area contributed by atoms with Crippen LogP contribution in [0.4, 0.5) is 5.69 Å². The Labute approximate surface area is 115 Å². The van der Waals surface area contributed by atoms with Crippen molar-refractivity contribution < 1.29 is 5.11 Å². The topological polar surface area (TPSA) is 35.5 Å². The van der Waals surface area contributed by atoms with Crippen LogP contribution in [0.1, 0.15) is 25.8 Å². The summed E-state index contributed by atoms with van der Waals surface area (Å²) >= 11 is 6.28. The Morgan fingerprint density at radius 3 is 2.72 bits per heavy atom. The molecule has 18 heavy (non-hydrogen) atoms. The van der Waals surface area contributed by atoms with Gasteiger partial charge in [-0.05, 0) is 32.0 Å². The summed E-state index contributed by atoms with van der Waals surface area (Å²) < 4.78 is 0. The van der Waals surface area contributed by atoms with Crippen LogP contribution in [0.3, 0.4) is 0 Å². The van der Waals surface area contributed by atoms with E-state index in [-0.39, 0.29) is 6.61 Å². The minimum atomic E-state index is 0.222. The lowest BCUT2D eigenvalue weighted by molar-refractivity contribution is 0.289. The van der Waals surface area contributed by atoms with Gasteiger partial charge in [0.05, 0.1) is 0 Å². The molecule has 0 aliphatic heterocycles. The monoisotopic (exact) mass is 270 g/mol. The molecule has 102 valence electrons. The summed E-state index contributed by atoms with van der Waals surface area (Å²) in [6, 6.07) is 6.01. The summed E-state index contributed by atoms with van der Waals surface area (Å²) in [5, 5.41) is 13.1. The van der Waals surface area contributed by atoms with Crippen molar-refractivity contribution >= 4 is 17.3 Å². The third-order valence-electron chi connectivity index (χ3n) is 2.95. The van der Waals surface area contributed by atoms with Gasteiger partial charge in [0, 0.05) is 42.5 Å². The van der Waals surface area contributed by atoms with Crippen molar-refractivity contribution in [2.24, 2.45) is 0 Å². The van der Waals surface area contributed by atoms with Crippen LogP contribution in [-0.2, 0) is 6.54 Å². The van der Waals surface area contributed by atoms with Gasteiger partial charge in [-0.2, -0.15) is 0 Å². The second-order valence-electron chi connectivity index (χ2n) is 4.17. The Bertz CT molecular complexity index is 358. The fourth-order valence-electron chi connectivity index (χ4n) is 1.98. The van der Waals surface area contributed by atoms with Crippen LogP contribution in [-0.4, -0.2) is 31.3 Å². The van der Waals surface area contributed by atoms with Gasteiger partial charge in [-0.15, -0.1) is 0 Å². The molecule has 0 radical (unpaired) electrons. The lowest BCUT2D eigenvalue weighted by Gasteiger charge is -2.26. The predicted octanol–water partition coefficient (Wildman–Crippen LogP) is 2.66. The van der Waals surface area contributed by atoms with Crippen LogP contribution in [0.5, 0.6) is 0 Å². The number of aliphatic hydroxyl groups excluding tert-OH is 1. The van der Waals surface area contributed by atoms with E-state index in [9.17, 15) is 0 Å². The molecule has 0 atom stereocenters. The predicted molar refractivity (Wildman–Crippen MR) is 78.4 cm³/mol. The summed E-state index contributed by atoms with van der Waals surface area (Å²) in [6.45, 7) is 7.90. The number of nitrogens with zero attached hydrogens (tertiary/aromatic N) is 1. The minimum absolute atomic E-state index is 0.222. The maximum absolute atomic E-state index is 8.96. The fourth-order valence-corrected chi connectivity index (χ4v) is 2.22. The first-order valence-electron chi connectivity index (χ1n) is 6.58. The van der Waals surface area contributed by atoms with Crippen molar-refractivity contribution in [3.8, 4) is 0 Å². The maximum atomic E-state index is 8.96. The van der Waals surface area contributed by atoms with Gasteiger partial charge >= 0.3 is 0 Å². The number of anilines is 1. The smallest absolute Gasteiger partial charge is 0.0471 e. The average molecular weight is 271 g/mol. The van der Waals surface area contributed by atoms with Gasteiger partial charge in [0.15, 0.2) is 0 Å². The Hall–Kier alpha value is -0.770. The molecule has 0 aromatic heterocycles. The Morgan fingerprint density at radius 1 is 1.33 bits per heavy atom. The molecule has 2 N–H and O–H groups in total. The SMILES string of the molecule is CCNCc1c(Cl)cccc1N(CC)CCCO. The number of hydrogen-bond donors (Lipinski definition) is 2. The third kappa shape index (κ3) is 4.16. The van der Waals surface area contributed by atoms with Crippen LogP contribution in [0.25, 0.3) is 0 Å². The highest BCUT2D eigenvalue weighted by Crippen LogP contribution is 2.27. The van der Waals surface area contributed by atoms with Crippen molar-refractivity contribution in [1.82, 2.24) is 5.32 Å². The molecule has 0 aliphatic carbocycles. The number of halogens is 1. The molecule has 4 heteroatoms. The molecular weight excluding hydrogens is 248 g/mol. The number of rotatable bonds is 8. The zero-order chi connectivity index (χ0) is 13.4. The van der Waals surface area contributed by atoms with Crippen molar-refractivity contribution in [3.63, 3.8) is 0 Å². The molecule has 0 fully saturated rings. The molecule has 0 aliphatic rings. The van der Waals surface area contributed by atoms with Crippen LogP contribution in [0, 0.1) is 0 Å². The second-order valence-corrected chi connectivity index (χ2v) is 4.58. The number of benzene rings is 1. The molecule has 0 spiro atoms. The van der Waals surface area contributed by atoms with Crippen molar-refractivity contribution in [3.05, 3.63) is 28.8 Å². The van der Waals surface area contributed by atoms with E-state index in [2.05, 4.69) is 30.1 Å². The highest BCUT2D eigenvalue weighted by Gasteiger charge is 2.11. The molecule has 0 amide bonds. The normalized spacial score (nSPS) is 10.7. The Morgan fingerprint density at radius 2 is 2.11 bits per heavy atom. The summed E-state index contributed by atoms with van der Waals surface area (Å²) in [7, 11) is 0. The van der Waals surface area contributed by atoms with E-state index < -0.39 is 0 Å². The lowest BCUT2D eigenvalue weighted by Crippen LogP contribution is -2.27. The molecule has 0 bridgehead atoms. The largest absolute Gasteiger partial charge is 0.396 e. The van der Waals surface area contributed by atoms with Crippen LogP contribution in [0.15, 0.2) is 18.2 Å². The Kier molecular flexibility index (Phi) is 7.09. The van der Waals surface area contributed by atoms with E-state index in [0.29, 0.717) is 0 Å². The van der Waals surface area contributed by atoms with E-state index in [0.717, 1.165) is 43.2 Å². The van der Waals surface area contributed by atoms with Crippen molar-refractivity contribution in [2.45, 2.75) is 26.8 Å². The van der Waals surface area contributed by atoms with Crippen LogP contribution >= 0.6 is 11.6 Å². The zero-order valence-electron chi connectivity index (χ0n) is 11.2. The highest BCUT2D eigenvalue weighted by molar-refractivity contribution is 6.31. The van der Waals surface area contributed by atoms with Gasteiger partial charge in [0.1, 0.15) is 0 Å². The van der Waals surface area contributed by atoms with Gasteiger partial charge in [-0.25, -0.2) is 0 Å². The molecule has 0 heterocycles. The van der Waals surface area contributed by atoms with Crippen molar-refractivity contribution in [2.75, 3.05) is 31.1 Å². The number of aliphatic hydroxyl groups is 1. The van der Waals surface area contributed by atoms with Crippen LogP contribution in [0.2, 0.25) is 5.02 Å². The summed E-state index contributed by atoms with van der Waals surface area (Å²) in [4.78, 5) is 2.26. The molecule has 0 unspecified atom stereocenters. The summed E-state index contributed by atoms with van der Waals surface area (Å²) in [5.41, 5.74) is 2.31. The quantitative estimate of drug-likeness (QED) is 0.762. The van der Waals surface area contributed by atoms with Gasteiger partial charge in [-0.1, -0.05) is 24.6 Å². The van der Waals surface area contributed by atoms with Gasteiger partial charge < -0.3 is 15.3 Å². The van der Waals surface area contributed by atoms with Gasteiger partial charge in [0.2, 0.25) is 0 Å². The molecule has 1 aromatic rings. The van der Waals surface area contributed by atoms with Crippen LogP contribution < -0.4 is 10.2 Å². The Balaban J connectivity index is 2.93. The molecule has 0 saturated heterocycles. The summed E-state index contributed by atoms with van der Waals surface area (Å²) in [5.74, 6) is 0. The average Bonchev–Trinajstić information content (AvgIpc) is 2.39. The van der Waals surface area contributed by atoms with E-state index in [1.165, 1.54) is 5.69 Å². The first-order valence-corrected chi connectivity index (χ1v) is 6.96. The van der Waals surface area contributed by atoms with E-state index in [1.807, 2.05) is 12.1 Å². The third-order valence-corrected chi connectivity index (χ3v) is 3.31. The van der Waals surface area contributed by atoms with E-state index in [4.69, 9.17) is 16.7 Å². The highest BCUT2D eigenvalue weighted by atomic mass is 35.5. The second kappa shape index (κ2) is 8.35. The minimum Gasteiger partial charge on any atom is -0.396 e. The lowest BCUT2D eigenvalue weighted by atomic mass is 10.1. The zero-order valence-corrected chi connectivity index (χ0v) is 12.0. The van der Waals surface area contributed by atoms with Crippen molar-refractivity contribution in [1.29, 1.82) is 0 Å². The molecular formula is C14H23ClN2O. The van der Waals surface area contributed by atoms with E-state index in [1.54, 1.807) is 0 Å². The maximum Gasteiger partial charge on any atom is 0.0471 e. The standard InChI is InChI=1S/C14H23ClN2O/c1-3-16-11-12-13(15)7-5-8-14(12)17(4-2)9-6-10-18/h5,7-8,16,18H,3-4,6,9-11H2,1-2H3. The molecule has 3 nitrogen and oxygen atoms in total. The number of nitrogens with one attached hydrogen (secondary N) is 1. The first kappa shape index (κ1) is 15.3. The summed E-state index contributed by atoms with van der Waals surface area (Å²) in [6.07, 6.45) is 0.779. The van der Waals surface area contributed by atoms with Gasteiger partial charge in [-0.3, -0.25) is 0 Å². The van der Waals surface area contributed by atoms with E-state index >= 15 is 0 Å².